The van der Waals surface area contributed by atoms with Crippen LogP contribution in [0, 0.1) is 0 Å². The highest BCUT2D eigenvalue weighted by Crippen LogP contribution is 2.33. The number of hydrogen-bond donors (Lipinski definition) is 0. The lowest BCUT2D eigenvalue weighted by Crippen LogP contribution is -2.04. The van der Waals surface area contributed by atoms with Crippen LogP contribution in [0.15, 0.2) is 51.7 Å². The number of hydrogen-bond acceptors (Lipinski definition) is 5. The highest BCUT2D eigenvalue weighted by molar-refractivity contribution is 5.88. The molecule has 1 aromatic heterocycles. The molecule has 2 aromatic carbocycles. The average Bonchev–Trinajstić information content (AvgIpc) is 2.63. The Morgan fingerprint density at radius 3 is 2.12 bits per heavy atom. The van der Waals surface area contributed by atoms with E-state index in [-0.39, 0.29) is 0 Å². The Bertz CT molecular complexity index is 941. The molecule has 0 saturated carbocycles. The summed E-state index contributed by atoms with van der Waals surface area (Å²) < 4.78 is 22.3. The van der Waals surface area contributed by atoms with Gasteiger partial charge < -0.3 is 18.6 Å². The van der Waals surface area contributed by atoms with Gasteiger partial charge in [0.05, 0.1) is 30.8 Å². The molecule has 0 aliphatic carbocycles. The SMILES string of the molecule is CCOc1ccc(-c2cc3c(OCC)cc(OCC)cc3oc2=O)cc1. The molecule has 0 radical (unpaired) electrons. The second-order valence-corrected chi connectivity index (χ2v) is 5.60. The summed E-state index contributed by atoms with van der Waals surface area (Å²) in [5.74, 6) is 2.00. The third kappa shape index (κ3) is 3.67. The first-order chi connectivity index (χ1) is 12.7. The van der Waals surface area contributed by atoms with Crippen LogP contribution in [-0.2, 0) is 0 Å². The van der Waals surface area contributed by atoms with Crippen molar-refractivity contribution in [3.63, 3.8) is 0 Å². The van der Waals surface area contributed by atoms with Gasteiger partial charge in [0.15, 0.2) is 0 Å². The van der Waals surface area contributed by atoms with Gasteiger partial charge in [0.1, 0.15) is 22.8 Å². The molecule has 0 saturated heterocycles. The largest absolute Gasteiger partial charge is 0.494 e. The van der Waals surface area contributed by atoms with E-state index in [1.54, 1.807) is 12.1 Å². The van der Waals surface area contributed by atoms with E-state index in [1.165, 1.54) is 0 Å². The first kappa shape index (κ1) is 17.9. The fourth-order valence-corrected chi connectivity index (χ4v) is 2.79. The van der Waals surface area contributed by atoms with Crippen molar-refractivity contribution in [3.8, 4) is 28.4 Å². The van der Waals surface area contributed by atoms with Crippen LogP contribution in [0.2, 0.25) is 0 Å². The van der Waals surface area contributed by atoms with Gasteiger partial charge in [-0.25, -0.2) is 4.79 Å². The van der Waals surface area contributed by atoms with Crippen LogP contribution in [0.1, 0.15) is 20.8 Å². The van der Waals surface area contributed by atoms with Crippen molar-refractivity contribution in [2.24, 2.45) is 0 Å². The van der Waals surface area contributed by atoms with Gasteiger partial charge in [-0.1, -0.05) is 12.1 Å². The average molecular weight is 354 g/mol. The molecule has 5 heteroatoms. The molecule has 26 heavy (non-hydrogen) atoms. The lowest BCUT2D eigenvalue weighted by atomic mass is 10.1. The van der Waals surface area contributed by atoms with E-state index >= 15 is 0 Å². The third-order valence-corrected chi connectivity index (χ3v) is 3.88. The van der Waals surface area contributed by atoms with Gasteiger partial charge in [-0.2, -0.15) is 0 Å². The van der Waals surface area contributed by atoms with Crippen LogP contribution >= 0.6 is 0 Å². The minimum Gasteiger partial charge on any atom is -0.494 e. The van der Waals surface area contributed by atoms with Crippen molar-refractivity contribution < 1.29 is 18.6 Å². The van der Waals surface area contributed by atoms with E-state index in [1.807, 2.05) is 51.1 Å². The van der Waals surface area contributed by atoms with Gasteiger partial charge in [-0.3, -0.25) is 0 Å². The van der Waals surface area contributed by atoms with Crippen molar-refractivity contribution in [3.05, 3.63) is 52.9 Å². The van der Waals surface area contributed by atoms with E-state index < -0.39 is 5.63 Å². The first-order valence-corrected chi connectivity index (χ1v) is 8.77. The molecule has 136 valence electrons. The van der Waals surface area contributed by atoms with Crippen molar-refractivity contribution in [1.82, 2.24) is 0 Å². The van der Waals surface area contributed by atoms with Gasteiger partial charge in [-0.15, -0.1) is 0 Å². The molecule has 0 unspecified atom stereocenters. The molecule has 0 fully saturated rings. The minimum absolute atomic E-state index is 0.405. The zero-order valence-corrected chi connectivity index (χ0v) is 15.2. The molecule has 0 spiro atoms. The van der Waals surface area contributed by atoms with Gasteiger partial charge in [-0.05, 0) is 44.5 Å². The van der Waals surface area contributed by atoms with Gasteiger partial charge >= 0.3 is 5.63 Å². The highest BCUT2D eigenvalue weighted by Gasteiger charge is 2.13. The fourth-order valence-electron chi connectivity index (χ4n) is 2.79. The molecular formula is C21H22O5. The monoisotopic (exact) mass is 354 g/mol. The Labute approximate surface area is 152 Å². The standard InChI is InChI=1S/C21H22O5/c1-4-23-15-9-7-14(8-10-15)17-13-18-19(25-6-3)11-16(24-5-2)12-20(18)26-21(17)22/h7-13H,4-6H2,1-3H3. The summed E-state index contributed by atoms with van der Waals surface area (Å²) in [4.78, 5) is 12.5. The number of ether oxygens (including phenoxy) is 3. The predicted octanol–water partition coefficient (Wildman–Crippen LogP) is 4.66. The van der Waals surface area contributed by atoms with Crippen LogP contribution in [0.4, 0.5) is 0 Å². The summed E-state index contributed by atoms with van der Waals surface area (Å²) in [5.41, 5.74) is 1.28. The topological polar surface area (TPSA) is 57.9 Å². The van der Waals surface area contributed by atoms with Gasteiger partial charge in [0.25, 0.3) is 0 Å². The van der Waals surface area contributed by atoms with Crippen LogP contribution in [0.5, 0.6) is 17.2 Å². The summed E-state index contributed by atoms with van der Waals surface area (Å²) in [7, 11) is 0. The second kappa shape index (κ2) is 7.95. The highest BCUT2D eigenvalue weighted by atomic mass is 16.5. The van der Waals surface area contributed by atoms with E-state index in [4.69, 9.17) is 18.6 Å². The lowest BCUT2D eigenvalue weighted by molar-refractivity contribution is 0.325. The summed E-state index contributed by atoms with van der Waals surface area (Å²) in [6, 6.07) is 12.7. The third-order valence-electron chi connectivity index (χ3n) is 3.88. The maximum atomic E-state index is 12.5. The van der Waals surface area contributed by atoms with E-state index in [0.717, 1.165) is 16.7 Å². The van der Waals surface area contributed by atoms with Crippen molar-refractivity contribution in [2.45, 2.75) is 20.8 Å². The fraction of sp³-hybridized carbons (Fsp3) is 0.286. The maximum Gasteiger partial charge on any atom is 0.344 e. The molecule has 1 heterocycles. The number of rotatable bonds is 7. The molecule has 3 aromatic rings. The molecule has 0 atom stereocenters. The Balaban J connectivity index is 2.12. The zero-order valence-electron chi connectivity index (χ0n) is 15.2. The van der Waals surface area contributed by atoms with Crippen molar-refractivity contribution in [1.29, 1.82) is 0 Å². The van der Waals surface area contributed by atoms with E-state index in [2.05, 4.69) is 0 Å². The molecule has 0 bridgehead atoms. The number of fused-ring (bicyclic) bond motifs is 1. The Morgan fingerprint density at radius 2 is 1.46 bits per heavy atom. The first-order valence-electron chi connectivity index (χ1n) is 8.77. The van der Waals surface area contributed by atoms with Gasteiger partial charge in [0, 0.05) is 12.1 Å². The number of benzene rings is 2. The lowest BCUT2D eigenvalue weighted by Gasteiger charge is -2.11. The molecule has 0 N–H and O–H groups in total. The van der Waals surface area contributed by atoms with Crippen LogP contribution < -0.4 is 19.8 Å². The Kier molecular flexibility index (Phi) is 5.46. The smallest absolute Gasteiger partial charge is 0.344 e. The van der Waals surface area contributed by atoms with Crippen LogP contribution in [0.25, 0.3) is 22.1 Å². The second-order valence-electron chi connectivity index (χ2n) is 5.60. The normalized spacial score (nSPS) is 10.7. The quantitative estimate of drug-likeness (QED) is 0.578. The predicted molar refractivity (Wildman–Crippen MR) is 101 cm³/mol. The van der Waals surface area contributed by atoms with E-state index in [0.29, 0.717) is 42.5 Å². The van der Waals surface area contributed by atoms with E-state index in [9.17, 15) is 4.79 Å². The van der Waals surface area contributed by atoms with Crippen molar-refractivity contribution in [2.75, 3.05) is 19.8 Å². The molecular weight excluding hydrogens is 332 g/mol. The maximum absolute atomic E-state index is 12.5. The summed E-state index contributed by atoms with van der Waals surface area (Å²) >= 11 is 0. The van der Waals surface area contributed by atoms with Crippen LogP contribution in [-0.4, -0.2) is 19.8 Å². The molecule has 0 aliphatic rings. The summed E-state index contributed by atoms with van der Waals surface area (Å²) in [6.45, 7) is 7.35. The zero-order chi connectivity index (χ0) is 18.5. The molecule has 5 nitrogen and oxygen atoms in total. The molecule has 3 rings (SSSR count). The van der Waals surface area contributed by atoms with Crippen molar-refractivity contribution >= 4 is 11.0 Å². The minimum atomic E-state index is -0.405. The Morgan fingerprint density at radius 1 is 0.808 bits per heavy atom. The molecule has 0 amide bonds. The summed E-state index contributed by atoms with van der Waals surface area (Å²) in [6.07, 6.45) is 0. The summed E-state index contributed by atoms with van der Waals surface area (Å²) in [5, 5.41) is 0.735. The Hall–Kier alpha value is -2.95. The van der Waals surface area contributed by atoms with Crippen LogP contribution in [0.3, 0.4) is 0 Å². The van der Waals surface area contributed by atoms with Gasteiger partial charge in [0.2, 0.25) is 0 Å². The molecule has 0 aliphatic heterocycles.